The molecule has 1 atom stereocenters. The van der Waals surface area contributed by atoms with Crippen molar-refractivity contribution >= 4 is 18.1 Å². The summed E-state index contributed by atoms with van der Waals surface area (Å²) in [6.07, 6.45) is 6.03. The van der Waals surface area contributed by atoms with E-state index in [9.17, 15) is 4.79 Å². The molecule has 3 heterocycles. The normalized spacial score (nSPS) is 21.8. The number of para-hydroxylation sites is 1. The van der Waals surface area contributed by atoms with Crippen LogP contribution in [-0.2, 0) is 11.5 Å². The van der Waals surface area contributed by atoms with Crippen LogP contribution in [0.25, 0.3) is 5.69 Å². The molecule has 0 aliphatic carbocycles. The Morgan fingerprint density at radius 1 is 1.14 bits per heavy atom. The van der Waals surface area contributed by atoms with E-state index in [1.807, 2.05) is 39.6 Å². The Bertz CT molecular complexity index is 853. The summed E-state index contributed by atoms with van der Waals surface area (Å²) in [5.41, 5.74) is 1.03. The maximum Gasteiger partial charge on any atom is 0.225 e. The fourth-order valence-electron chi connectivity index (χ4n) is 4.36. The van der Waals surface area contributed by atoms with Crippen LogP contribution in [0.3, 0.4) is 0 Å². The molecule has 4 rings (SSSR count). The zero-order valence-electron chi connectivity index (χ0n) is 16.5. The lowest BCUT2D eigenvalue weighted by Crippen LogP contribution is -2.46. The van der Waals surface area contributed by atoms with Crippen molar-refractivity contribution < 1.29 is 4.79 Å². The molecule has 0 N–H and O–H groups in total. The number of nitrogens with zero attached hydrogens (tertiary/aromatic N) is 5. The average Bonchev–Trinajstić information content (AvgIpc) is 3.09. The molecule has 0 radical (unpaired) electrons. The SMILES string of the molecule is CC1CCCN(C(=O)C2CCN(Cn3ncn(-c4ccccc4)c3=S)CC2)C1. The summed E-state index contributed by atoms with van der Waals surface area (Å²) in [5, 5.41) is 4.48. The van der Waals surface area contributed by atoms with Crippen LogP contribution in [0, 0.1) is 16.6 Å². The van der Waals surface area contributed by atoms with E-state index in [-0.39, 0.29) is 5.92 Å². The first kappa shape index (κ1) is 19.3. The average molecular weight is 400 g/mol. The van der Waals surface area contributed by atoms with Crippen molar-refractivity contribution in [2.24, 2.45) is 11.8 Å². The third-order valence-electron chi connectivity index (χ3n) is 6.01. The van der Waals surface area contributed by atoms with Gasteiger partial charge in [0.2, 0.25) is 10.7 Å². The van der Waals surface area contributed by atoms with E-state index in [0.717, 1.165) is 51.1 Å². The van der Waals surface area contributed by atoms with Crippen molar-refractivity contribution in [2.75, 3.05) is 26.2 Å². The third kappa shape index (κ3) is 4.20. The van der Waals surface area contributed by atoms with Gasteiger partial charge in [-0.2, -0.15) is 5.10 Å². The summed E-state index contributed by atoms with van der Waals surface area (Å²) in [6, 6.07) is 10.0. The van der Waals surface area contributed by atoms with Crippen LogP contribution in [-0.4, -0.2) is 56.2 Å². The maximum absolute atomic E-state index is 12.8. The number of likely N-dealkylation sites (tertiary alicyclic amines) is 2. The first-order valence-electron chi connectivity index (χ1n) is 10.3. The molecule has 2 aliphatic heterocycles. The molecule has 0 saturated carbocycles. The van der Waals surface area contributed by atoms with Crippen LogP contribution in [0.15, 0.2) is 36.7 Å². The van der Waals surface area contributed by atoms with Gasteiger partial charge in [0.1, 0.15) is 6.33 Å². The van der Waals surface area contributed by atoms with E-state index in [4.69, 9.17) is 12.2 Å². The molecule has 2 saturated heterocycles. The Kier molecular flexibility index (Phi) is 5.92. The zero-order valence-corrected chi connectivity index (χ0v) is 17.4. The van der Waals surface area contributed by atoms with Crippen molar-refractivity contribution in [3.8, 4) is 5.69 Å². The van der Waals surface area contributed by atoms with Crippen LogP contribution >= 0.6 is 12.2 Å². The van der Waals surface area contributed by atoms with E-state index < -0.39 is 0 Å². The second kappa shape index (κ2) is 8.57. The number of rotatable bonds is 4. The van der Waals surface area contributed by atoms with Gasteiger partial charge in [-0.25, -0.2) is 4.68 Å². The van der Waals surface area contributed by atoms with E-state index >= 15 is 0 Å². The molecule has 1 aromatic carbocycles. The van der Waals surface area contributed by atoms with Gasteiger partial charge in [0.05, 0.1) is 6.67 Å². The van der Waals surface area contributed by atoms with Gasteiger partial charge in [-0.15, -0.1) is 0 Å². The van der Waals surface area contributed by atoms with Crippen LogP contribution in [0.4, 0.5) is 0 Å². The summed E-state index contributed by atoms with van der Waals surface area (Å²) in [7, 11) is 0. The second-order valence-corrected chi connectivity index (χ2v) is 8.55. The number of hydrogen-bond acceptors (Lipinski definition) is 4. The van der Waals surface area contributed by atoms with Gasteiger partial charge in [-0.05, 0) is 56.0 Å². The number of hydrogen-bond donors (Lipinski definition) is 0. The van der Waals surface area contributed by atoms with Gasteiger partial charge in [0, 0.05) is 37.8 Å². The minimum atomic E-state index is 0.177. The first-order chi connectivity index (χ1) is 13.6. The maximum atomic E-state index is 12.8. The Morgan fingerprint density at radius 3 is 2.61 bits per heavy atom. The molecule has 1 amide bonds. The quantitative estimate of drug-likeness (QED) is 0.740. The third-order valence-corrected chi connectivity index (χ3v) is 6.41. The smallest absolute Gasteiger partial charge is 0.225 e. The molecule has 6 nitrogen and oxygen atoms in total. The highest BCUT2D eigenvalue weighted by Gasteiger charge is 2.30. The Morgan fingerprint density at radius 2 is 1.89 bits per heavy atom. The van der Waals surface area contributed by atoms with Gasteiger partial charge in [-0.3, -0.25) is 14.3 Å². The number of aromatic nitrogens is 3. The molecular weight excluding hydrogens is 370 g/mol. The number of carbonyl (C=O) groups is 1. The highest BCUT2D eigenvalue weighted by Crippen LogP contribution is 2.24. The lowest BCUT2D eigenvalue weighted by molar-refractivity contribution is -0.139. The van der Waals surface area contributed by atoms with Gasteiger partial charge in [0.15, 0.2) is 0 Å². The molecule has 0 bridgehead atoms. The van der Waals surface area contributed by atoms with Crippen LogP contribution < -0.4 is 0 Å². The van der Waals surface area contributed by atoms with Crippen LogP contribution in [0.1, 0.15) is 32.6 Å². The molecule has 150 valence electrons. The molecule has 1 aromatic heterocycles. The number of carbonyl (C=O) groups excluding carboxylic acids is 1. The van der Waals surface area contributed by atoms with Crippen molar-refractivity contribution in [3.05, 3.63) is 41.4 Å². The molecular formula is C21H29N5OS. The molecule has 7 heteroatoms. The van der Waals surface area contributed by atoms with Crippen molar-refractivity contribution in [1.29, 1.82) is 0 Å². The summed E-state index contributed by atoms with van der Waals surface area (Å²) in [4.78, 5) is 17.3. The summed E-state index contributed by atoms with van der Waals surface area (Å²) < 4.78 is 4.51. The summed E-state index contributed by atoms with van der Waals surface area (Å²) in [6.45, 7) is 6.64. The largest absolute Gasteiger partial charge is 0.342 e. The lowest BCUT2D eigenvalue weighted by Gasteiger charge is -2.37. The molecule has 0 spiro atoms. The lowest BCUT2D eigenvalue weighted by atomic mass is 9.93. The predicted octanol–water partition coefficient (Wildman–Crippen LogP) is 3.33. The Hall–Kier alpha value is -1.99. The van der Waals surface area contributed by atoms with E-state index in [1.54, 1.807) is 6.33 Å². The number of amides is 1. The van der Waals surface area contributed by atoms with Crippen molar-refractivity contribution in [1.82, 2.24) is 24.1 Å². The second-order valence-electron chi connectivity index (χ2n) is 8.18. The van der Waals surface area contributed by atoms with E-state index in [2.05, 4.69) is 21.8 Å². The highest BCUT2D eigenvalue weighted by molar-refractivity contribution is 7.71. The molecule has 2 aromatic rings. The number of piperidine rings is 2. The van der Waals surface area contributed by atoms with Crippen LogP contribution in [0.2, 0.25) is 0 Å². The first-order valence-corrected chi connectivity index (χ1v) is 10.7. The van der Waals surface area contributed by atoms with Crippen molar-refractivity contribution in [3.63, 3.8) is 0 Å². The van der Waals surface area contributed by atoms with E-state index in [0.29, 0.717) is 23.3 Å². The van der Waals surface area contributed by atoms with Crippen LogP contribution in [0.5, 0.6) is 0 Å². The molecule has 28 heavy (non-hydrogen) atoms. The highest BCUT2D eigenvalue weighted by atomic mass is 32.1. The fraction of sp³-hybridized carbons (Fsp3) is 0.571. The standard InChI is InChI=1S/C21H29N5OS/c1-17-6-5-11-24(14-17)20(27)18-9-12-23(13-10-18)16-26-21(28)25(15-22-26)19-7-3-2-4-8-19/h2-4,7-8,15,17-18H,5-6,9-14,16H2,1H3. The summed E-state index contributed by atoms with van der Waals surface area (Å²) in [5.74, 6) is 1.19. The van der Waals surface area contributed by atoms with E-state index in [1.165, 1.54) is 6.42 Å². The van der Waals surface area contributed by atoms with Gasteiger partial charge in [-0.1, -0.05) is 25.1 Å². The predicted molar refractivity (Wildman–Crippen MR) is 112 cm³/mol. The zero-order chi connectivity index (χ0) is 19.5. The topological polar surface area (TPSA) is 46.3 Å². The summed E-state index contributed by atoms with van der Waals surface area (Å²) >= 11 is 5.61. The van der Waals surface area contributed by atoms with Gasteiger partial charge >= 0.3 is 0 Å². The Labute approximate surface area is 171 Å². The molecule has 1 unspecified atom stereocenters. The minimum absolute atomic E-state index is 0.177. The minimum Gasteiger partial charge on any atom is -0.342 e. The van der Waals surface area contributed by atoms with Crippen molar-refractivity contribution in [2.45, 2.75) is 39.3 Å². The van der Waals surface area contributed by atoms with Gasteiger partial charge in [0.25, 0.3) is 0 Å². The Balaban J connectivity index is 1.33. The molecule has 2 fully saturated rings. The monoisotopic (exact) mass is 399 g/mol. The van der Waals surface area contributed by atoms with Gasteiger partial charge < -0.3 is 4.90 Å². The fourth-order valence-corrected chi connectivity index (χ4v) is 4.62. The number of benzene rings is 1. The molecule has 2 aliphatic rings.